The highest BCUT2D eigenvalue weighted by atomic mass is 32.1. The second-order valence-electron chi connectivity index (χ2n) is 17.3. The predicted octanol–water partition coefficient (Wildman–Crippen LogP) is 7.84. The van der Waals surface area contributed by atoms with E-state index in [9.17, 15) is 19.2 Å². The Balaban J connectivity index is 0.972. The van der Waals surface area contributed by atoms with Gasteiger partial charge in [0.2, 0.25) is 11.8 Å². The maximum Gasteiger partial charge on any atom is 0.407 e. The van der Waals surface area contributed by atoms with E-state index in [0.717, 1.165) is 95.3 Å². The molecular formula is C44H56N8O6S. The molecule has 2 saturated carbocycles. The number of aromatic amines is 2. The average molecular weight is 825 g/mol. The molecule has 14 nitrogen and oxygen atoms in total. The Hall–Kier alpha value is -5.18. The van der Waals surface area contributed by atoms with Crippen molar-refractivity contribution in [2.75, 3.05) is 14.2 Å². The predicted molar refractivity (Wildman–Crippen MR) is 224 cm³/mol. The van der Waals surface area contributed by atoms with E-state index in [0.29, 0.717) is 11.8 Å². The van der Waals surface area contributed by atoms with E-state index in [1.54, 1.807) is 11.3 Å². The summed E-state index contributed by atoms with van der Waals surface area (Å²) in [6.45, 7) is 7.74. The number of fused-ring (bicyclic) bond motifs is 3. The number of piperidine rings is 1. The number of thiophene rings is 1. The lowest BCUT2D eigenvalue weighted by atomic mass is 9.84. The molecule has 314 valence electrons. The third-order valence-electron chi connectivity index (χ3n) is 13.1. The van der Waals surface area contributed by atoms with Crippen LogP contribution in [0.1, 0.15) is 103 Å². The van der Waals surface area contributed by atoms with Gasteiger partial charge in [0.05, 0.1) is 42.6 Å². The molecule has 4 aliphatic rings. The van der Waals surface area contributed by atoms with Crippen molar-refractivity contribution < 1.29 is 28.7 Å². The van der Waals surface area contributed by atoms with Gasteiger partial charge in [0.25, 0.3) is 0 Å². The van der Waals surface area contributed by atoms with Gasteiger partial charge in [-0.2, -0.15) is 0 Å². The number of aromatic nitrogens is 4. The molecule has 0 spiro atoms. The van der Waals surface area contributed by atoms with Crippen molar-refractivity contribution in [2.24, 2.45) is 23.7 Å². The summed E-state index contributed by atoms with van der Waals surface area (Å²) in [5, 5.41) is 5.55. The Morgan fingerprint density at radius 2 is 1.29 bits per heavy atom. The van der Waals surface area contributed by atoms with E-state index in [1.165, 1.54) is 14.2 Å². The summed E-state index contributed by atoms with van der Waals surface area (Å²) in [7, 11) is 2.62. The molecule has 2 saturated heterocycles. The number of rotatable bonds is 11. The van der Waals surface area contributed by atoms with Crippen molar-refractivity contribution in [2.45, 2.75) is 115 Å². The largest absolute Gasteiger partial charge is 0.453 e. The van der Waals surface area contributed by atoms with Gasteiger partial charge >= 0.3 is 12.2 Å². The molecule has 2 aliphatic carbocycles. The molecule has 4 aromatic rings. The Bertz CT molecular complexity index is 2160. The first-order valence-corrected chi connectivity index (χ1v) is 21.9. The van der Waals surface area contributed by atoms with Crippen molar-refractivity contribution in [3.8, 4) is 32.3 Å². The van der Waals surface area contributed by atoms with Crippen LogP contribution in [0.4, 0.5) is 9.59 Å². The zero-order valence-electron chi connectivity index (χ0n) is 34.7. The number of carbonyl (C=O) groups is 4. The van der Waals surface area contributed by atoms with Crippen LogP contribution in [0.15, 0.2) is 48.8 Å². The van der Waals surface area contributed by atoms with Crippen molar-refractivity contribution >= 4 is 35.3 Å². The zero-order chi connectivity index (χ0) is 41.5. The number of likely N-dealkylation sites (tertiary alicyclic amines) is 2. The van der Waals surface area contributed by atoms with Crippen LogP contribution in [-0.4, -0.2) is 92.1 Å². The standard InChI is InChI=1S/C44H56N8O6S/c1-23(2)36(49-43(55)57-5)41(53)51-29-16-15-28(19-29)38(51)40-46-22-31(48-40)35-18-17-34(59-35)26-13-11-25(12-14-26)30-21-45-39(47-30)33-20-27-9-7-8-10-32(27)52(33)42(54)37(24(3)4)50-44(56)58-6/h11-14,17-18,21-24,27-29,32-33,36-38H,7-10,15-16,19-20H2,1-6H3,(H,45,47)(H,46,48)(H,49,55)(H,50,56)/t27?,28?,29?,32?,33-,36-,37-,38-/m0/s1. The number of nitrogens with one attached hydrogen (secondary N) is 4. The first-order chi connectivity index (χ1) is 28.4. The Labute approximate surface area is 349 Å². The number of hydrogen-bond donors (Lipinski definition) is 4. The monoisotopic (exact) mass is 824 g/mol. The topological polar surface area (TPSA) is 175 Å². The quantitative estimate of drug-likeness (QED) is 0.118. The number of alkyl carbamates (subject to hydrolysis) is 2. The van der Waals surface area contributed by atoms with Crippen molar-refractivity contribution in [3.63, 3.8) is 0 Å². The normalized spacial score (nSPS) is 24.6. The zero-order valence-corrected chi connectivity index (χ0v) is 35.5. The van der Waals surface area contributed by atoms with Gasteiger partial charge < -0.3 is 39.9 Å². The van der Waals surface area contributed by atoms with Gasteiger partial charge in [-0.15, -0.1) is 11.3 Å². The van der Waals surface area contributed by atoms with Crippen LogP contribution < -0.4 is 10.6 Å². The molecule has 1 aromatic carbocycles. The summed E-state index contributed by atoms with van der Waals surface area (Å²) >= 11 is 1.66. The number of nitrogens with zero attached hydrogens (tertiary/aromatic N) is 4. The fourth-order valence-electron chi connectivity index (χ4n) is 10.1. The highest BCUT2D eigenvalue weighted by molar-refractivity contribution is 7.18. The third-order valence-corrected chi connectivity index (χ3v) is 14.2. The van der Waals surface area contributed by atoms with E-state index in [-0.39, 0.29) is 47.8 Å². The minimum Gasteiger partial charge on any atom is -0.453 e. The fraction of sp³-hybridized carbons (Fsp3) is 0.545. The first-order valence-electron chi connectivity index (χ1n) is 21.1. The molecule has 4 unspecified atom stereocenters. The van der Waals surface area contributed by atoms with Crippen LogP contribution in [0.2, 0.25) is 0 Å². The Kier molecular flexibility index (Phi) is 11.6. The molecule has 2 bridgehead atoms. The second-order valence-corrected chi connectivity index (χ2v) is 18.4. The number of benzene rings is 1. The number of hydrogen-bond acceptors (Lipinski definition) is 9. The van der Waals surface area contributed by atoms with E-state index < -0.39 is 24.3 Å². The SMILES string of the molecule is COC(=O)N[C@H](C(=O)N1C2CCC(C2)[C@H]1c1nc(-c2ccc(-c3ccc(-c4c[nH]c([C@@H]5CC6CCCCC6N5C(=O)[C@@H](NC(=O)OC)C(C)C)n4)cc3)s2)c[nH]1)C(C)C. The summed E-state index contributed by atoms with van der Waals surface area (Å²) in [6.07, 6.45) is 10.7. The lowest BCUT2D eigenvalue weighted by Gasteiger charge is -2.37. The lowest BCUT2D eigenvalue weighted by molar-refractivity contribution is -0.139. The fourth-order valence-corrected chi connectivity index (χ4v) is 11.1. The molecule has 4 N–H and O–H groups in total. The van der Waals surface area contributed by atoms with Crippen LogP contribution in [0.25, 0.3) is 32.3 Å². The number of carbonyl (C=O) groups excluding carboxylic acids is 4. The summed E-state index contributed by atoms with van der Waals surface area (Å²) in [4.78, 5) is 75.6. The molecule has 8 rings (SSSR count). The molecule has 4 amide bonds. The molecule has 59 heavy (non-hydrogen) atoms. The molecule has 8 atom stereocenters. The molecule has 15 heteroatoms. The van der Waals surface area contributed by atoms with Gasteiger partial charge in [-0.1, -0.05) is 64.8 Å². The summed E-state index contributed by atoms with van der Waals surface area (Å²) in [5.41, 5.74) is 3.69. The summed E-state index contributed by atoms with van der Waals surface area (Å²) < 4.78 is 9.69. The minimum absolute atomic E-state index is 0.0825. The molecule has 0 radical (unpaired) electrons. The van der Waals surface area contributed by atoms with Crippen molar-refractivity contribution in [1.29, 1.82) is 0 Å². The smallest absolute Gasteiger partial charge is 0.407 e. The highest BCUT2D eigenvalue weighted by Crippen LogP contribution is 2.51. The van der Waals surface area contributed by atoms with Gasteiger partial charge in [-0.25, -0.2) is 19.6 Å². The minimum atomic E-state index is -0.690. The number of H-pyrrole nitrogens is 2. The third kappa shape index (κ3) is 7.85. The van der Waals surface area contributed by atoms with Crippen LogP contribution in [0, 0.1) is 23.7 Å². The van der Waals surface area contributed by atoms with Crippen molar-refractivity contribution in [1.82, 2.24) is 40.4 Å². The van der Waals surface area contributed by atoms with E-state index in [1.807, 2.05) is 49.9 Å². The maximum absolute atomic E-state index is 14.2. The van der Waals surface area contributed by atoms with Gasteiger partial charge in [0.1, 0.15) is 23.7 Å². The van der Waals surface area contributed by atoms with Crippen molar-refractivity contribution in [3.05, 3.63) is 60.4 Å². The van der Waals surface area contributed by atoms with Gasteiger partial charge in [-0.3, -0.25) is 9.59 Å². The number of ether oxygens (including phenoxy) is 2. The first kappa shape index (κ1) is 40.6. The Morgan fingerprint density at radius 1 is 0.695 bits per heavy atom. The van der Waals surface area contributed by atoms with E-state index >= 15 is 0 Å². The molecule has 2 aliphatic heterocycles. The van der Waals surface area contributed by atoms with Crippen LogP contribution >= 0.6 is 11.3 Å². The van der Waals surface area contributed by atoms with Crippen LogP contribution in [0.3, 0.4) is 0 Å². The summed E-state index contributed by atoms with van der Waals surface area (Å²) in [6, 6.07) is 11.1. The van der Waals surface area contributed by atoms with E-state index in [4.69, 9.17) is 19.4 Å². The maximum atomic E-state index is 14.2. The molecular weight excluding hydrogens is 769 g/mol. The molecule has 5 heterocycles. The molecule has 4 fully saturated rings. The summed E-state index contributed by atoms with van der Waals surface area (Å²) in [5.74, 6) is 1.88. The van der Waals surface area contributed by atoms with Gasteiger partial charge in [0.15, 0.2) is 0 Å². The number of methoxy groups -OCH3 is 2. The average Bonchev–Trinajstić information content (AvgIpc) is 4.10. The lowest BCUT2D eigenvalue weighted by Crippen LogP contribution is -2.54. The number of amides is 4. The second kappa shape index (κ2) is 16.8. The molecule has 3 aromatic heterocycles. The van der Waals surface area contributed by atoms with Crippen LogP contribution in [-0.2, 0) is 19.1 Å². The Morgan fingerprint density at radius 3 is 1.97 bits per heavy atom. The van der Waals surface area contributed by atoms with E-state index in [2.05, 4.69) is 57.0 Å². The van der Waals surface area contributed by atoms with Gasteiger partial charge in [0, 0.05) is 34.9 Å². The highest BCUT2D eigenvalue weighted by Gasteiger charge is 2.52. The number of imidazole rings is 2. The van der Waals surface area contributed by atoms with Gasteiger partial charge in [-0.05, 0) is 79.9 Å². The van der Waals surface area contributed by atoms with Crippen LogP contribution in [0.5, 0.6) is 0 Å².